The number of rotatable bonds is 2. The third-order valence-electron chi connectivity index (χ3n) is 2.53. The first-order chi connectivity index (χ1) is 7.22. The summed E-state index contributed by atoms with van der Waals surface area (Å²) in [6.07, 6.45) is 2.12. The van der Waals surface area contributed by atoms with Gasteiger partial charge in [-0.1, -0.05) is 11.6 Å². The van der Waals surface area contributed by atoms with Crippen LogP contribution in [0.15, 0.2) is 18.3 Å². The minimum absolute atomic E-state index is 0.0473. The van der Waals surface area contributed by atoms with Crippen LogP contribution in [0.1, 0.15) is 6.42 Å². The molecule has 4 nitrogen and oxygen atoms in total. The SMILES string of the molecule is NCC1CC(=O)N(c2ncccc2Cl)C1. The lowest BCUT2D eigenvalue weighted by Crippen LogP contribution is -2.26. The van der Waals surface area contributed by atoms with E-state index in [1.165, 1.54) is 0 Å². The van der Waals surface area contributed by atoms with Gasteiger partial charge in [0, 0.05) is 19.2 Å². The maximum atomic E-state index is 11.7. The lowest BCUT2D eigenvalue weighted by molar-refractivity contribution is -0.117. The van der Waals surface area contributed by atoms with Gasteiger partial charge in [-0.05, 0) is 24.6 Å². The zero-order valence-electron chi connectivity index (χ0n) is 8.19. The fourth-order valence-electron chi connectivity index (χ4n) is 1.72. The molecule has 1 unspecified atom stereocenters. The van der Waals surface area contributed by atoms with Gasteiger partial charge in [0.05, 0.1) is 5.02 Å². The van der Waals surface area contributed by atoms with Crippen LogP contribution in [-0.2, 0) is 4.79 Å². The van der Waals surface area contributed by atoms with Crippen LogP contribution < -0.4 is 10.6 Å². The predicted molar refractivity (Wildman–Crippen MR) is 58.8 cm³/mol. The van der Waals surface area contributed by atoms with E-state index in [0.717, 1.165) is 0 Å². The number of hydrogen-bond donors (Lipinski definition) is 1. The lowest BCUT2D eigenvalue weighted by atomic mass is 10.1. The highest BCUT2D eigenvalue weighted by Gasteiger charge is 2.31. The van der Waals surface area contributed by atoms with Crippen molar-refractivity contribution in [3.63, 3.8) is 0 Å². The van der Waals surface area contributed by atoms with Crippen LogP contribution in [0.2, 0.25) is 5.02 Å². The first-order valence-electron chi connectivity index (χ1n) is 4.83. The van der Waals surface area contributed by atoms with Crippen molar-refractivity contribution in [2.45, 2.75) is 6.42 Å². The summed E-state index contributed by atoms with van der Waals surface area (Å²) in [6, 6.07) is 3.47. The zero-order chi connectivity index (χ0) is 10.8. The van der Waals surface area contributed by atoms with E-state index in [1.54, 1.807) is 23.2 Å². The molecule has 0 aliphatic carbocycles. The quantitative estimate of drug-likeness (QED) is 0.819. The fraction of sp³-hybridized carbons (Fsp3) is 0.400. The van der Waals surface area contributed by atoms with Crippen LogP contribution in [0.4, 0.5) is 5.82 Å². The Kier molecular flexibility index (Phi) is 2.88. The second-order valence-electron chi connectivity index (χ2n) is 3.62. The van der Waals surface area contributed by atoms with Gasteiger partial charge in [-0.25, -0.2) is 4.98 Å². The summed E-state index contributed by atoms with van der Waals surface area (Å²) in [5.74, 6) is 0.807. The molecule has 0 aromatic carbocycles. The summed E-state index contributed by atoms with van der Waals surface area (Å²) in [5, 5.41) is 0.503. The van der Waals surface area contributed by atoms with E-state index < -0.39 is 0 Å². The van der Waals surface area contributed by atoms with Crippen molar-refractivity contribution >= 4 is 23.3 Å². The Hall–Kier alpha value is -1.13. The molecule has 1 saturated heterocycles. The molecule has 80 valence electrons. The Bertz CT molecular complexity index is 383. The smallest absolute Gasteiger partial charge is 0.228 e. The Labute approximate surface area is 93.0 Å². The molecular formula is C10H12ClN3O. The van der Waals surface area contributed by atoms with Crippen LogP contribution in [0.3, 0.4) is 0 Å². The van der Waals surface area contributed by atoms with Crippen LogP contribution in [0, 0.1) is 5.92 Å². The molecule has 0 radical (unpaired) electrons. The number of amides is 1. The second kappa shape index (κ2) is 4.16. The van der Waals surface area contributed by atoms with Crippen LogP contribution in [0.25, 0.3) is 0 Å². The Balaban J connectivity index is 2.25. The lowest BCUT2D eigenvalue weighted by Gasteiger charge is -2.16. The molecule has 1 atom stereocenters. The third kappa shape index (κ3) is 1.96. The average molecular weight is 226 g/mol. The Morgan fingerprint density at radius 1 is 1.67 bits per heavy atom. The van der Waals surface area contributed by atoms with E-state index in [-0.39, 0.29) is 11.8 Å². The minimum atomic E-state index is 0.0473. The number of nitrogens with two attached hydrogens (primary N) is 1. The molecule has 1 aliphatic rings. The number of aromatic nitrogens is 1. The van der Waals surface area contributed by atoms with E-state index in [2.05, 4.69) is 4.98 Å². The molecule has 1 aliphatic heterocycles. The van der Waals surface area contributed by atoms with E-state index in [9.17, 15) is 4.79 Å². The van der Waals surface area contributed by atoms with E-state index in [0.29, 0.717) is 30.4 Å². The van der Waals surface area contributed by atoms with Gasteiger partial charge in [-0.15, -0.1) is 0 Å². The van der Waals surface area contributed by atoms with Crippen molar-refractivity contribution in [1.82, 2.24) is 4.98 Å². The van der Waals surface area contributed by atoms with Gasteiger partial charge >= 0.3 is 0 Å². The van der Waals surface area contributed by atoms with Crippen LogP contribution in [-0.4, -0.2) is 24.0 Å². The van der Waals surface area contributed by atoms with Crippen molar-refractivity contribution in [3.05, 3.63) is 23.4 Å². The highest BCUT2D eigenvalue weighted by molar-refractivity contribution is 6.33. The normalized spacial score (nSPS) is 21.1. The van der Waals surface area contributed by atoms with E-state index in [4.69, 9.17) is 17.3 Å². The molecule has 0 saturated carbocycles. The van der Waals surface area contributed by atoms with Crippen molar-refractivity contribution in [2.75, 3.05) is 18.0 Å². The number of anilines is 1. The molecule has 5 heteroatoms. The van der Waals surface area contributed by atoms with Gasteiger partial charge in [-0.3, -0.25) is 9.69 Å². The van der Waals surface area contributed by atoms with Gasteiger partial charge in [-0.2, -0.15) is 0 Å². The van der Waals surface area contributed by atoms with Crippen molar-refractivity contribution in [1.29, 1.82) is 0 Å². The molecule has 1 aromatic rings. The largest absolute Gasteiger partial charge is 0.330 e. The number of carbonyl (C=O) groups excluding carboxylic acids is 1. The maximum absolute atomic E-state index is 11.7. The summed E-state index contributed by atoms with van der Waals surface area (Å²) in [5.41, 5.74) is 5.54. The molecule has 15 heavy (non-hydrogen) atoms. The monoisotopic (exact) mass is 225 g/mol. The first kappa shape index (κ1) is 10.4. The zero-order valence-corrected chi connectivity index (χ0v) is 8.94. The first-order valence-corrected chi connectivity index (χ1v) is 5.21. The summed E-state index contributed by atoms with van der Waals surface area (Å²) < 4.78 is 0. The standard InChI is InChI=1S/C10H12ClN3O/c11-8-2-1-3-13-10(8)14-6-7(5-12)4-9(14)15/h1-3,7H,4-6,12H2. The highest BCUT2D eigenvalue weighted by atomic mass is 35.5. The van der Waals surface area contributed by atoms with Gasteiger partial charge in [0.2, 0.25) is 5.91 Å². The highest BCUT2D eigenvalue weighted by Crippen LogP contribution is 2.28. The van der Waals surface area contributed by atoms with E-state index in [1.807, 2.05) is 0 Å². The summed E-state index contributed by atoms with van der Waals surface area (Å²) in [7, 11) is 0. The van der Waals surface area contributed by atoms with E-state index >= 15 is 0 Å². The number of nitrogens with zero attached hydrogens (tertiary/aromatic N) is 2. The molecule has 0 bridgehead atoms. The summed E-state index contributed by atoms with van der Waals surface area (Å²) in [6.45, 7) is 1.14. The molecule has 2 heterocycles. The summed E-state index contributed by atoms with van der Waals surface area (Å²) in [4.78, 5) is 17.4. The molecule has 2 N–H and O–H groups in total. The van der Waals surface area contributed by atoms with Crippen molar-refractivity contribution in [2.24, 2.45) is 11.7 Å². The average Bonchev–Trinajstić information content (AvgIpc) is 2.60. The molecule has 1 amide bonds. The second-order valence-corrected chi connectivity index (χ2v) is 4.03. The minimum Gasteiger partial charge on any atom is -0.330 e. The number of pyridine rings is 1. The van der Waals surface area contributed by atoms with Gasteiger partial charge in [0.1, 0.15) is 0 Å². The number of halogens is 1. The van der Waals surface area contributed by atoms with Gasteiger partial charge < -0.3 is 5.73 Å². The van der Waals surface area contributed by atoms with Crippen LogP contribution in [0.5, 0.6) is 0 Å². The predicted octanol–water partition coefficient (Wildman–Crippen LogP) is 1.05. The molecule has 0 spiro atoms. The molecular weight excluding hydrogens is 214 g/mol. The van der Waals surface area contributed by atoms with Gasteiger partial charge in [0.15, 0.2) is 5.82 Å². The molecule has 2 rings (SSSR count). The van der Waals surface area contributed by atoms with Crippen molar-refractivity contribution < 1.29 is 4.79 Å². The summed E-state index contributed by atoms with van der Waals surface area (Å²) >= 11 is 5.97. The topological polar surface area (TPSA) is 59.2 Å². The fourth-order valence-corrected chi connectivity index (χ4v) is 1.94. The molecule has 1 aromatic heterocycles. The van der Waals surface area contributed by atoms with Crippen molar-refractivity contribution in [3.8, 4) is 0 Å². The van der Waals surface area contributed by atoms with Crippen LogP contribution >= 0.6 is 11.6 Å². The maximum Gasteiger partial charge on any atom is 0.228 e. The van der Waals surface area contributed by atoms with Gasteiger partial charge in [0.25, 0.3) is 0 Å². The number of hydrogen-bond acceptors (Lipinski definition) is 3. The third-order valence-corrected chi connectivity index (χ3v) is 2.83. The number of carbonyl (C=O) groups is 1. The molecule has 1 fully saturated rings. The Morgan fingerprint density at radius 2 is 2.47 bits per heavy atom. The Morgan fingerprint density at radius 3 is 3.07 bits per heavy atom.